The summed E-state index contributed by atoms with van der Waals surface area (Å²) in [6, 6.07) is 0. The first kappa shape index (κ1) is 15.6. The minimum Gasteiger partial charge on any atom is -0.316 e. The lowest BCUT2D eigenvalue weighted by Gasteiger charge is -2.24. The zero-order chi connectivity index (χ0) is 14.2. The molecule has 0 heterocycles. The quantitative estimate of drug-likeness (QED) is 0.613. The van der Waals surface area contributed by atoms with E-state index in [0.717, 1.165) is 19.0 Å². The fraction of sp³-hybridized carbons (Fsp3) is 0.684. The fourth-order valence-electron chi connectivity index (χ4n) is 3.55. The van der Waals surface area contributed by atoms with Crippen LogP contribution in [-0.2, 0) is 0 Å². The van der Waals surface area contributed by atoms with Crippen molar-refractivity contribution in [1.82, 2.24) is 5.32 Å². The Morgan fingerprint density at radius 2 is 2.15 bits per heavy atom. The fourth-order valence-corrected chi connectivity index (χ4v) is 3.55. The maximum absolute atomic E-state index is 4.39. The summed E-state index contributed by atoms with van der Waals surface area (Å²) in [5, 5.41) is 3.57. The van der Waals surface area contributed by atoms with Crippen molar-refractivity contribution in [2.24, 2.45) is 11.8 Å². The highest BCUT2D eigenvalue weighted by Gasteiger charge is 2.19. The molecule has 0 spiro atoms. The van der Waals surface area contributed by atoms with Crippen molar-refractivity contribution in [3.05, 3.63) is 36.0 Å². The second-order valence-electron chi connectivity index (χ2n) is 6.48. The summed E-state index contributed by atoms with van der Waals surface area (Å²) in [7, 11) is 0. The van der Waals surface area contributed by atoms with E-state index in [9.17, 15) is 0 Å². The van der Waals surface area contributed by atoms with Gasteiger partial charge in [0.15, 0.2) is 0 Å². The SMILES string of the molecule is C=C(CCC1CCCC1)C1=CC=CCC1CNCCC. The average molecular weight is 273 g/mol. The Morgan fingerprint density at radius 1 is 1.35 bits per heavy atom. The zero-order valence-corrected chi connectivity index (χ0v) is 13.2. The summed E-state index contributed by atoms with van der Waals surface area (Å²) in [5.74, 6) is 1.62. The minimum absolute atomic E-state index is 0.641. The summed E-state index contributed by atoms with van der Waals surface area (Å²) in [6.45, 7) is 8.85. The molecular weight excluding hydrogens is 242 g/mol. The Labute approximate surface area is 125 Å². The molecule has 1 atom stereocenters. The van der Waals surface area contributed by atoms with Gasteiger partial charge >= 0.3 is 0 Å². The second kappa shape index (κ2) is 8.46. The molecule has 112 valence electrons. The molecule has 0 bridgehead atoms. The van der Waals surface area contributed by atoms with Crippen molar-refractivity contribution in [3.63, 3.8) is 0 Å². The first-order valence-electron chi connectivity index (χ1n) is 8.56. The molecule has 20 heavy (non-hydrogen) atoms. The van der Waals surface area contributed by atoms with E-state index < -0.39 is 0 Å². The molecular formula is C19H31N. The Balaban J connectivity index is 1.81. The van der Waals surface area contributed by atoms with Crippen molar-refractivity contribution in [2.45, 2.75) is 58.3 Å². The van der Waals surface area contributed by atoms with Gasteiger partial charge in [-0.3, -0.25) is 0 Å². The molecule has 1 heteroatoms. The highest BCUT2D eigenvalue weighted by atomic mass is 14.9. The molecule has 0 amide bonds. The molecule has 0 saturated heterocycles. The van der Waals surface area contributed by atoms with Gasteiger partial charge in [0.2, 0.25) is 0 Å². The number of hydrogen-bond donors (Lipinski definition) is 1. The molecule has 0 radical (unpaired) electrons. The van der Waals surface area contributed by atoms with Crippen LogP contribution in [0, 0.1) is 11.8 Å². The largest absolute Gasteiger partial charge is 0.316 e. The summed E-state index contributed by atoms with van der Waals surface area (Å²) in [5.41, 5.74) is 2.90. The Hall–Kier alpha value is -0.820. The second-order valence-corrected chi connectivity index (χ2v) is 6.48. The van der Waals surface area contributed by atoms with E-state index in [1.165, 1.54) is 62.5 Å². The lowest BCUT2D eigenvalue weighted by atomic mass is 9.84. The minimum atomic E-state index is 0.641. The Bertz CT molecular complexity index is 358. The molecule has 0 aromatic rings. The van der Waals surface area contributed by atoms with E-state index in [1.54, 1.807) is 0 Å². The third-order valence-electron chi connectivity index (χ3n) is 4.83. The monoisotopic (exact) mass is 273 g/mol. The third kappa shape index (κ3) is 4.63. The van der Waals surface area contributed by atoms with Crippen LogP contribution in [-0.4, -0.2) is 13.1 Å². The van der Waals surface area contributed by atoms with Gasteiger partial charge in [-0.15, -0.1) is 0 Å². The molecule has 1 saturated carbocycles. The molecule has 1 N–H and O–H groups in total. The molecule has 2 rings (SSSR count). The van der Waals surface area contributed by atoms with Crippen LogP contribution < -0.4 is 5.32 Å². The number of hydrogen-bond acceptors (Lipinski definition) is 1. The standard InChI is InChI=1S/C19H31N/c1-3-14-20-15-18-10-6-7-11-19(18)16(2)12-13-17-8-4-5-9-17/h6-7,11,17-18,20H,2-5,8-10,12-15H2,1H3. The van der Waals surface area contributed by atoms with E-state index in [2.05, 4.69) is 37.0 Å². The van der Waals surface area contributed by atoms with E-state index in [0.29, 0.717) is 5.92 Å². The maximum atomic E-state index is 4.39. The first-order chi connectivity index (χ1) is 9.81. The maximum Gasteiger partial charge on any atom is 0.00232 e. The lowest BCUT2D eigenvalue weighted by Crippen LogP contribution is -2.26. The number of rotatable bonds is 8. The van der Waals surface area contributed by atoms with Gasteiger partial charge in [0, 0.05) is 12.5 Å². The lowest BCUT2D eigenvalue weighted by molar-refractivity contribution is 0.494. The predicted octanol–water partition coefficient (Wildman–Crippen LogP) is 5.02. The molecule has 1 nitrogen and oxygen atoms in total. The van der Waals surface area contributed by atoms with Crippen LogP contribution in [0.1, 0.15) is 58.3 Å². The normalized spacial score (nSPS) is 23.1. The Morgan fingerprint density at radius 3 is 2.90 bits per heavy atom. The van der Waals surface area contributed by atoms with Crippen LogP contribution in [0.4, 0.5) is 0 Å². The molecule has 2 aliphatic rings. The van der Waals surface area contributed by atoms with E-state index in [4.69, 9.17) is 0 Å². The van der Waals surface area contributed by atoms with Gasteiger partial charge < -0.3 is 5.32 Å². The Kier molecular flexibility index (Phi) is 6.59. The van der Waals surface area contributed by atoms with Gasteiger partial charge in [-0.05, 0) is 43.7 Å². The van der Waals surface area contributed by atoms with E-state index >= 15 is 0 Å². The van der Waals surface area contributed by atoms with Crippen LogP contribution in [0.15, 0.2) is 36.0 Å². The van der Waals surface area contributed by atoms with Crippen LogP contribution in [0.3, 0.4) is 0 Å². The third-order valence-corrected chi connectivity index (χ3v) is 4.83. The van der Waals surface area contributed by atoms with Crippen molar-refractivity contribution >= 4 is 0 Å². The topological polar surface area (TPSA) is 12.0 Å². The summed E-state index contributed by atoms with van der Waals surface area (Å²) in [4.78, 5) is 0. The summed E-state index contributed by atoms with van der Waals surface area (Å²) < 4.78 is 0. The van der Waals surface area contributed by atoms with Crippen LogP contribution in [0.2, 0.25) is 0 Å². The van der Waals surface area contributed by atoms with Crippen molar-refractivity contribution in [2.75, 3.05) is 13.1 Å². The molecule has 0 aromatic carbocycles. The summed E-state index contributed by atoms with van der Waals surface area (Å²) in [6.07, 6.45) is 17.6. The zero-order valence-electron chi connectivity index (χ0n) is 13.2. The van der Waals surface area contributed by atoms with E-state index in [1.807, 2.05) is 0 Å². The molecule has 2 aliphatic carbocycles. The van der Waals surface area contributed by atoms with Gasteiger partial charge in [-0.2, -0.15) is 0 Å². The highest BCUT2D eigenvalue weighted by molar-refractivity contribution is 5.36. The van der Waals surface area contributed by atoms with E-state index in [-0.39, 0.29) is 0 Å². The van der Waals surface area contributed by atoms with Gasteiger partial charge in [-0.1, -0.05) is 63.0 Å². The summed E-state index contributed by atoms with van der Waals surface area (Å²) >= 11 is 0. The molecule has 1 unspecified atom stereocenters. The van der Waals surface area contributed by atoms with Crippen molar-refractivity contribution in [3.8, 4) is 0 Å². The van der Waals surface area contributed by atoms with Gasteiger partial charge in [0.1, 0.15) is 0 Å². The van der Waals surface area contributed by atoms with Crippen LogP contribution in [0.5, 0.6) is 0 Å². The molecule has 1 fully saturated rings. The highest BCUT2D eigenvalue weighted by Crippen LogP contribution is 2.33. The molecule has 0 aliphatic heterocycles. The smallest absolute Gasteiger partial charge is 0.00232 e. The predicted molar refractivity (Wildman–Crippen MR) is 88.8 cm³/mol. The van der Waals surface area contributed by atoms with Gasteiger partial charge in [0.25, 0.3) is 0 Å². The number of nitrogens with one attached hydrogen (secondary N) is 1. The van der Waals surface area contributed by atoms with Gasteiger partial charge in [0.05, 0.1) is 0 Å². The van der Waals surface area contributed by atoms with Crippen LogP contribution >= 0.6 is 0 Å². The average Bonchev–Trinajstić information content (AvgIpc) is 2.99. The first-order valence-corrected chi connectivity index (χ1v) is 8.56. The van der Waals surface area contributed by atoms with Gasteiger partial charge in [-0.25, -0.2) is 0 Å². The van der Waals surface area contributed by atoms with Crippen molar-refractivity contribution in [1.29, 1.82) is 0 Å². The molecule has 0 aromatic heterocycles. The van der Waals surface area contributed by atoms with Crippen LogP contribution in [0.25, 0.3) is 0 Å². The van der Waals surface area contributed by atoms with Crippen molar-refractivity contribution < 1.29 is 0 Å². The number of allylic oxidation sites excluding steroid dienone is 4.